The molecule has 0 bridgehead atoms. The van der Waals surface area contributed by atoms with E-state index in [4.69, 9.17) is 0 Å². The van der Waals surface area contributed by atoms with E-state index in [1.165, 1.54) is 0 Å². The number of nitrogens with zero attached hydrogens (tertiary/aromatic N) is 1. The maximum absolute atomic E-state index is 11.5. The van der Waals surface area contributed by atoms with E-state index < -0.39 is 0 Å². The van der Waals surface area contributed by atoms with Crippen molar-refractivity contribution in [3.63, 3.8) is 0 Å². The van der Waals surface area contributed by atoms with Crippen LogP contribution in [0, 0.1) is 0 Å². The summed E-state index contributed by atoms with van der Waals surface area (Å²) in [5, 5.41) is 2.88. The van der Waals surface area contributed by atoms with E-state index in [1.807, 2.05) is 0 Å². The molecule has 1 aromatic heterocycles. The van der Waals surface area contributed by atoms with Gasteiger partial charge in [-0.1, -0.05) is 13.8 Å². The number of amides is 1. The molecule has 0 saturated carbocycles. The number of rotatable bonds is 6. The van der Waals surface area contributed by atoms with Crippen LogP contribution >= 0.6 is 0 Å². The Hall–Kier alpha value is -1.29. The van der Waals surface area contributed by atoms with Crippen LogP contribution in [0.1, 0.15) is 24.2 Å². The van der Waals surface area contributed by atoms with Crippen molar-refractivity contribution >= 4 is 5.91 Å². The number of carbonyl (C=O) groups excluding carboxylic acids is 1. The zero-order valence-electron chi connectivity index (χ0n) is 9.42. The van der Waals surface area contributed by atoms with Gasteiger partial charge in [0.05, 0.1) is 5.56 Å². The predicted molar refractivity (Wildman–Crippen MR) is 60.9 cm³/mol. The fraction of sp³-hybridized carbons (Fsp3) is 0.545. The molecule has 84 valence electrons. The van der Waals surface area contributed by atoms with Crippen LogP contribution in [-0.2, 0) is 0 Å². The highest BCUT2D eigenvalue weighted by molar-refractivity contribution is 5.93. The van der Waals surface area contributed by atoms with Crippen LogP contribution in [0.3, 0.4) is 0 Å². The molecule has 1 heterocycles. The number of H-pyrrole nitrogens is 1. The minimum atomic E-state index is -0.0107. The van der Waals surface area contributed by atoms with E-state index in [2.05, 4.69) is 29.0 Å². The van der Waals surface area contributed by atoms with Gasteiger partial charge in [0.15, 0.2) is 0 Å². The highest BCUT2D eigenvalue weighted by Crippen LogP contribution is 1.95. The van der Waals surface area contributed by atoms with Gasteiger partial charge in [-0.25, -0.2) is 0 Å². The number of aromatic amines is 1. The van der Waals surface area contributed by atoms with E-state index in [9.17, 15) is 4.79 Å². The van der Waals surface area contributed by atoms with Crippen LogP contribution in [-0.4, -0.2) is 42.0 Å². The zero-order valence-corrected chi connectivity index (χ0v) is 9.42. The quantitative estimate of drug-likeness (QED) is 0.736. The van der Waals surface area contributed by atoms with Gasteiger partial charge in [0, 0.05) is 25.5 Å². The predicted octanol–water partition coefficient (Wildman–Crippen LogP) is 1.09. The minimum absolute atomic E-state index is 0.0107. The minimum Gasteiger partial charge on any atom is -0.367 e. The lowest BCUT2D eigenvalue weighted by molar-refractivity contribution is 0.0949. The van der Waals surface area contributed by atoms with Gasteiger partial charge in [0.25, 0.3) is 5.91 Å². The van der Waals surface area contributed by atoms with Gasteiger partial charge in [-0.2, -0.15) is 0 Å². The molecule has 0 aliphatic carbocycles. The molecule has 0 atom stereocenters. The summed E-state index contributed by atoms with van der Waals surface area (Å²) in [7, 11) is 0. The van der Waals surface area contributed by atoms with Crippen molar-refractivity contribution in [2.75, 3.05) is 26.2 Å². The summed E-state index contributed by atoms with van der Waals surface area (Å²) in [5.41, 5.74) is 0.689. The number of carbonyl (C=O) groups is 1. The molecule has 0 unspecified atom stereocenters. The second-order valence-electron chi connectivity index (χ2n) is 3.38. The van der Waals surface area contributed by atoms with E-state index in [-0.39, 0.29) is 5.91 Å². The van der Waals surface area contributed by atoms with Crippen molar-refractivity contribution in [2.45, 2.75) is 13.8 Å². The lowest BCUT2D eigenvalue weighted by Crippen LogP contribution is -2.34. The van der Waals surface area contributed by atoms with Gasteiger partial charge in [-0.3, -0.25) is 4.79 Å². The highest BCUT2D eigenvalue weighted by Gasteiger charge is 2.05. The first-order valence-corrected chi connectivity index (χ1v) is 5.41. The number of hydrogen-bond acceptors (Lipinski definition) is 2. The molecular formula is C11H19N3O. The fourth-order valence-corrected chi connectivity index (χ4v) is 1.43. The first kappa shape index (κ1) is 11.8. The average Bonchev–Trinajstić information content (AvgIpc) is 2.77. The van der Waals surface area contributed by atoms with E-state index in [0.29, 0.717) is 12.1 Å². The van der Waals surface area contributed by atoms with E-state index >= 15 is 0 Å². The van der Waals surface area contributed by atoms with Crippen LogP contribution < -0.4 is 5.32 Å². The average molecular weight is 209 g/mol. The van der Waals surface area contributed by atoms with Gasteiger partial charge < -0.3 is 15.2 Å². The summed E-state index contributed by atoms with van der Waals surface area (Å²) in [4.78, 5) is 16.7. The van der Waals surface area contributed by atoms with Crippen molar-refractivity contribution < 1.29 is 4.79 Å². The van der Waals surface area contributed by atoms with Crippen LogP contribution in [0.25, 0.3) is 0 Å². The van der Waals surface area contributed by atoms with Gasteiger partial charge in [0.2, 0.25) is 0 Å². The molecule has 0 fully saturated rings. The molecule has 2 N–H and O–H groups in total. The van der Waals surface area contributed by atoms with Crippen LogP contribution in [0.5, 0.6) is 0 Å². The molecule has 1 amide bonds. The Balaban J connectivity index is 2.23. The number of aromatic nitrogens is 1. The SMILES string of the molecule is CCN(CC)CCNC(=O)c1cc[nH]c1. The summed E-state index contributed by atoms with van der Waals surface area (Å²) in [6.45, 7) is 7.90. The molecule has 15 heavy (non-hydrogen) atoms. The Labute approximate surface area is 90.7 Å². The smallest absolute Gasteiger partial charge is 0.252 e. The highest BCUT2D eigenvalue weighted by atomic mass is 16.1. The number of hydrogen-bond donors (Lipinski definition) is 2. The first-order valence-electron chi connectivity index (χ1n) is 5.41. The molecule has 0 aliphatic heterocycles. The summed E-state index contributed by atoms with van der Waals surface area (Å²) in [5.74, 6) is -0.0107. The molecule has 0 aliphatic rings. The summed E-state index contributed by atoms with van der Waals surface area (Å²) in [6, 6.07) is 1.77. The molecule has 0 spiro atoms. The van der Waals surface area contributed by atoms with E-state index in [0.717, 1.165) is 19.6 Å². The van der Waals surface area contributed by atoms with E-state index in [1.54, 1.807) is 18.5 Å². The van der Waals surface area contributed by atoms with Crippen LogP contribution in [0.15, 0.2) is 18.5 Å². The van der Waals surface area contributed by atoms with Crippen molar-refractivity contribution in [3.05, 3.63) is 24.0 Å². The standard InChI is InChI=1S/C11H19N3O/c1-3-14(4-2)8-7-13-11(15)10-5-6-12-9-10/h5-6,9,12H,3-4,7-8H2,1-2H3,(H,13,15). The molecule has 4 nitrogen and oxygen atoms in total. The maximum Gasteiger partial charge on any atom is 0.252 e. The third kappa shape index (κ3) is 3.75. The third-order valence-electron chi connectivity index (χ3n) is 2.47. The summed E-state index contributed by atoms with van der Waals surface area (Å²) >= 11 is 0. The summed E-state index contributed by atoms with van der Waals surface area (Å²) in [6.07, 6.45) is 3.45. The summed E-state index contributed by atoms with van der Waals surface area (Å²) < 4.78 is 0. The first-order chi connectivity index (χ1) is 7.27. The Kier molecular flexibility index (Phi) is 4.90. The largest absolute Gasteiger partial charge is 0.367 e. The van der Waals surface area contributed by atoms with Crippen molar-refractivity contribution in [3.8, 4) is 0 Å². The lowest BCUT2D eigenvalue weighted by atomic mass is 10.3. The van der Waals surface area contributed by atoms with Crippen molar-refractivity contribution in [1.82, 2.24) is 15.2 Å². The topological polar surface area (TPSA) is 48.1 Å². The monoisotopic (exact) mass is 209 g/mol. The van der Waals surface area contributed by atoms with Gasteiger partial charge >= 0.3 is 0 Å². The van der Waals surface area contributed by atoms with Gasteiger partial charge in [0.1, 0.15) is 0 Å². The lowest BCUT2D eigenvalue weighted by Gasteiger charge is -2.17. The zero-order chi connectivity index (χ0) is 11.1. The Morgan fingerprint density at radius 1 is 1.47 bits per heavy atom. The Morgan fingerprint density at radius 3 is 2.73 bits per heavy atom. The van der Waals surface area contributed by atoms with Gasteiger partial charge in [-0.15, -0.1) is 0 Å². The Morgan fingerprint density at radius 2 is 2.20 bits per heavy atom. The van der Waals surface area contributed by atoms with Crippen LogP contribution in [0.4, 0.5) is 0 Å². The molecule has 1 rings (SSSR count). The number of nitrogens with one attached hydrogen (secondary N) is 2. The second-order valence-corrected chi connectivity index (χ2v) is 3.38. The van der Waals surface area contributed by atoms with Gasteiger partial charge in [-0.05, 0) is 19.2 Å². The second kappa shape index (κ2) is 6.24. The normalized spacial score (nSPS) is 10.6. The Bertz CT molecular complexity index is 278. The maximum atomic E-state index is 11.5. The number of likely N-dealkylation sites (N-methyl/N-ethyl adjacent to an activating group) is 1. The molecule has 0 aromatic carbocycles. The van der Waals surface area contributed by atoms with Crippen LogP contribution in [0.2, 0.25) is 0 Å². The van der Waals surface area contributed by atoms with Crippen molar-refractivity contribution in [1.29, 1.82) is 0 Å². The molecule has 4 heteroatoms. The third-order valence-corrected chi connectivity index (χ3v) is 2.47. The molecule has 0 saturated heterocycles. The molecular weight excluding hydrogens is 190 g/mol. The van der Waals surface area contributed by atoms with Crippen molar-refractivity contribution in [2.24, 2.45) is 0 Å². The molecule has 1 aromatic rings. The molecule has 0 radical (unpaired) electrons. The fourth-order valence-electron chi connectivity index (χ4n) is 1.43.